The molecule has 0 bridgehead atoms. The van der Waals surface area contributed by atoms with Crippen molar-refractivity contribution in [2.75, 3.05) is 13.1 Å². The van der Waals surface area contributed by atoms with Crippen LogP contribution in [0.2, 0.25) is 0 Å². The number of carbonyl (C=O) groups excluding carboxylic acids is 1. The first-order valence-corrected chi connectivity index (χ1v) is 15.4. The normalized spacial score (nSPS) is 18.8. The molecule has 1 aliphatic heterocycles. The molecule has 0 aromatic heterocycles. The summed E-state index contributed by atoms with van der Waals surface area (Å²) in [6, 6.07) is 18.3. The van der Waals surface area contributed by atoms with E-state index < -0.39 is 21.1 Å². The van der Waals surface area contributed by atoms with E-state index in [4.69, 9.17) is 0 Å². The van der Waals surface area contributed by atoms with Crippen molar-refractivity contribution < 1.29 is 23.1 Å². The van der Waals surface area contributed by atoms with E-state index in [-0.39, 0.29) is 29.7 Å². The largest absolute Gasteiger partial charge is 0.480 e. The summed E-state index contributed by atoms with van der Waals surface area (Å²) >= 11 is 0. The highest BCUT2D eigenvalue weighted by Crippen LogP contribution is 2.31. The van der Waals surface area contributed by atoms with Crippen molar-refractivity contribution in [3.05, 3.63) is 77.4 Å². The molecule has 2 N–H and O–H groups in total. The van der Waals surface area contributed by atoms with Gasteiger partial charge >= 0.3 is 5.97 Å². The minimum Gasteiger partial charge on any atom is -0.480 e. The standard InChI is InChI=1S/C31H36N2O5S/c34-30(16-15-29(31(35)36)39(37,38)26-13-12-23-7-2-3-8-24(23)20-26)32-28-10-6-9-25-19-22(11-14-27(25)28)21-33-17-4-1-5-18-33/h2-3,7-8,11-14,19-20,28-29H,1,4-6,9-10,15-18,21H2,(H,32,34)(H,35,36)/t28-,29-/m1/s1. The maximum atomic E-state index is 13.2. The van der Waals surface area contributed by atoms with Crippen LogP contribution < -0.4 is 5.32 Å². The van der Waals surface area contributed by atoms with E-state index in [9.17, 15) is 23.1 Å². The minimum absolute atomic E-state index is 0.0458. The lowest BCUT2D eigenvalue weighted by molar-refractivity contribution is -0.136. The molecule has 1 aliphatic carbocycles. The van der Waals surface area contributed by atoms with Crippen LogP contribution in [0.4, 0.5) is 0 Å². The Labute approximate surface area is 230 Å². The molecule has 2 atom stereocenters. The minimum atomic E-state index is -4.17. The SMILES string of the molecule is O=C(CC[C@H](C(=O)O)S(=O)(=O)c1ccc2ccccc2c1)N[C@@H]1CCCc2cc(CN3CCCCC3)ccc21. The van der Waals surface area contributed by atoms with E-state index in [0.29, 0.717) is 0 Å². The molecule has 1 saturated heterocycles. The van der Waals surface area contributed by atoms with Gasteiger partial charge in [-0.25, -0.2) is 8.42 Å². The highest BCUT2D eigenvalue weighted by molar-refractivity contribution is 7.92. The zero-order chi connectivity index (χ0) is 27.4. The molecule has 0 radical (unpaired) electrons. The summed E-state index contributed by atoms with van der Waals surface area (Å²) < 4.78 is 26.5. The van der Waals surface area contributed by atoms with Crippen LogP contribution in [-0.4, -0.2) is 48.6 Å². The molecule has 3 aromatic rings. The summed E-state index contributed by atoms with van der Waals surface area (Å²) in [7, 11) is -4.17. The number of benzene rings is 3. The van der Waals surface area contributed by atoms with Gasteiger partial charge in [0.1, 0.15) is 0 Å². The number of piperidine rings is 1. The van der Waals surface area contributed by atoms with Crippen molar-refractivity contribution in [3.63, 3.8) is 0 Å². The van der Waals surface area contributed by atoms with Crippen molar-refractivity contribution in [1.82, 2.24) is 10.2 Å². The van der Waals surface area contributed by atoms with Crippen LogP contribution in [0.1, 0.15) is 67.7 Å². The highest BCUT2D eigenvalue weighted by Gasteiger charge is 2.35. The number of carboxylic acid groups (broad SMARTS) is 1. The van der Waals surface area contributed by atoms with Crippen molar-refractivity contribution in [2.45, 2.75) is 74.1 Å². The number of carboxylic acids is 1. The Kier molecular flexibility index (Phi) is 8.33. The number of hydrogen-bond donors (Lipinski definition) is 2. The number of carbonyl (C=O) groups is 2. The number of likely N-dealkylation sites (tertiary alicyclic amines) is 1. The van der Waals surface area contributed by atoms with Gasteiger partial charge in [-0.2, -0.15) is 0 Å². The number of nitrogens with one attached hydrogen (secondary N) is 1. The molecule has 1 heterocycles. The number of fused-ring (bicyclic) bond motifs is 2. The van der Waals surface area contributed by atoms with Crippen LogP contribution in [0.15, 0.2) is 65.6 Å². The fourth-order valence-corrected chi connectivity index (χ4v) is 7.51. The van der Waals surface area contributed by atoms with E-state index in [1.807, 2.05) is 12.1 Å². The molecule has 206 valence electrons. The molecule has 0 unspecified atom stereocenters. The summed E-state index contributed by atoms with van der Waals surface area (Å²) in [5, 5.41) is 12.7. The van der Waals surface area contributed by atoms with Crippen LogP contribution in [0, 0.1) is 0 Å². The predicted octanol–water partition coefficient (Wildman–Crippen LogP) is 5.03. The molecular formula is C31H36N2O5S. The van der Waals surface area contributed by atoms with Crippen LogP contribution >= 0.6 is 0 Å². The van der Waals surface area contributed by atoms with Gasteiger partial charge in [0.2, 0.25) is 5.91 Å². The Morgan fingerprint density at radius 2 is 1.72 bits per heavy atom. The van der Waals surface area contributed by atoms with E-state index in [2.05, 4.69) is 28.4 Å². The molecule has 5 rings (SSSR count). The van der Waals surface area contributed by atoms with Crippen LogP contribution in [-0.2, 0) is 32.4 Å². The third-order valence-corrected chi connectivity index (χ3v) is 10.1. The first-order valence-electron chi connectivity index (χ1n) is 13.9. The van der Waals surface area contributed by atoms with Gasteiger partial charge in [-0.3, -0.25) is 14.5 Å². The Balaban J connectivity index is 1.23. The second kappa shape index (κ2) is 11.9. The monoisotopic (exact) mass is 548 g/mol. The number of amides is 1. The predicted molar refractivity (Wildman–Crippen MR) is 151 cm³/mol. The van der Waals surface area contributed by atoms with Crippen LogP contribution in [0.5, 0.6) is 0 Å². The summed E-state index contributed by atoms with van der Waals surface area (Å²) in [4.78, 5) is 27.4. The average molecular weight is 549 g/mol. The van der Waals surface area contributed by atoms with Gasteiger partial charge in [-0.1, -0.05) is 55.0 Å². The zero-order valence-corrected chi connectivity index (χ0v) is 23.0. The summed E-state index contributed by atoms with van der Waals surface area (Å²) in [5.74, 6) is -1.77. The molecule has 1 amide bonds. The Morgan fingerprint density at radius 3 is 2.49 bits per heavy atom. The van der Waals surface area contributed by atoms with Gasteiger partial charge in [0.25, 0.3) is 0 Å². The van der Waals surface area contributed by atoms with Crippen molar-refractivity contribution in [2.24, 2.45) is 0 Å². The second-order valence-corrected chi connectivity index (χ2v) is 12.9. The number of rotatable bonds is 9. The smallest absolute Gasteiger partial charge is 0.322 e. The first kappa shape index (κ1) is 27.3. The van der Waals surface area contributed by atoms with Gasteiger partial charge < -0.3 is 10.4 Å². The van der Waals surface area contributed by atoms with E-state index in [1.165, 1.54) is 42.5 Å². The summed E-state index contributed by atoms with van der Waals surface area (Å²) in [6.07, 6.45) is 6.09. The molecule has 0 saturated carbocycles. The average Bonchev–Trinajstić information content (AvgIpc) is 2.93. The Bertz CT molecular complexity index is 1460. The molecule has 3 aromatic carbocycles. The number of sulfone groups is 1. The zero-order valence-electron chi connectivity index (χ0n) is 22.1. The lowest BCUT2D eigenvalue weighted by Crippen LogP contribution is -2.35. The van der Waals surface area contributed by atoms with Crippen molar-refractivity contribution in [3.8, 4) is 0 Å². The molecule has 1 fully saturated rings. The Hall–Kier alpha value is -3.23. The van der Waals surface area contributed by atoms with E-state index in [1.54, 1.807) is 18.2 Å². The number of nitrogens with zero attached hydrogens (tertiary/aromatic N) is 1. The fourth-order valence-electron chi connectivity index (χ4n) is 5.94. The maximum Gasteiger partial charge on any atom is 0.322 e. The molecule has 7 nitrogen and oxygen atoms in total. The van der Waals surface area contributed by atoms with Crippen molar-refractivity contribution >= 4 is 32.5 Å². The second-order valence-electron chi connectivity index (χ2n) is 10.8. The van der Waals surface area contributed by atoms with E-state index in [0.717, 1.165) is 55.2 Å². The van der Waals surface area contributed by atoms with Gasteiger partial charge in [0.15, 0.2) is 15.1 Å². The first-order chi connectivity index (χ1) is 18.8. The van der Waals surface area contributed by atoms with Crippen LogP contribution in [0.25, 0.3) is 10.8 Å². The summed E-state index contributed by atoms with van der Waals surface area (Å²) in [6.45, 7) is 3.24. The third-order valence-electron chi connectivity index (χ3n) is 8.04. The topological polar surface area (TPSA) is 104 Å². The van der Waals surface area contributed by atoms with Crippen LogP contribution in [0.3, 0.4) is 0 Å². The summed E-state index contributed by atoms with van der Waals surface area (Å²) in [5.41, 5.74) is 3.66. The number of aliphatic carboxylic acids is 1. The number of aryl methyl sites for hydroxylation is 1. The van der Waals surface area contributed by atoms with Gasteiger partial charge in [0.05, 0.1) is 10.9 Å². The van der Waals surface area contributed by atoms with Crippen molar-refractivity contribution in [1.29, 1.82) is 0 Å². The quantitative estimate of drug-likeness (QED) is 0.389. The molecular weight excluding hydrogens is 512 g/mol. The lowest BCUT2D eigenvalue weighted by Gasteiger charge is -2.29. The number of hydrogen-bond acceptors (Lipinski definition) is 5. The molecule has 2 aliphatic rings. The maximum absolute atomic E-state index is 13.2. The van der Waals surface area contributed by atoms with Gasteiger partial charge in [0, 0.05) is 13.0 Å². The van der Waals surface area contributed by atoms with Gasteiger partial charge in [-0.15, -0.1) is 0 Å². The molecule has 0 spiro atoms. The lowest BCUT2D eigenvalue weighted by atomic mass is 9.86. The Morgan fingerprint density at radius 1 is 0.949 bits per heavy atom. The molecule has 8 heteroatoms. The van der Waals surface area contributed by atoms with E-state index >= 15 is 0 Å². The highest BCUT2D eigenvalue weighted by atomic mass is 32.2. The van der Waals surface area contributed by atoms with Gasteiger partial charge in [-0.05, 0) is 91.2 Å². The fraction of sp³-hybridized carbons (Fsp3) is 0.419. The third kappa shape index (κ3) is 6.34. The molecule has 39 heavy (non-hydrogen) atoms.